The lowest BCUT2D eigenvalue weighted by molar-refractivity contribution is -0.117. The number of ether oxygens (including phenoxy) is 3. The molecule has 3 heterocycles. The second kappa shape index (κ2) is 12.4. The number of carbonyl (C=O) groups excluding carboxylic acids is 2. The number of carbonyl (C=O) groups is 2. The zero-order valence-corrected chi connectivity index (χ0v) is 23.2. The number of epoxide rings is 1. The Labute approximate surface area is 226 Å². The van der Waals surface area contributed by atoms with Crippen LogP contribution in [0.5, 0.6) is 0 Å². The summed E-state index contributed by atoms with van der Waals surface area (Å²) < 4.78 is 17.3. The van der Waals surface area contributed by atoms with Gasteiger partial charge in [-0.2, -0.15) is 0 Å². The molecule has 0 radical (unpaired) electrons. The second-order valence-electron chi connectivity index (χ2n) is 11.7. The van der Waals surface area contributed by atoms with Gasteiger partial charge in [-0.1, -0.05) is 23.8 Å². The first-order chi connectivity index (χ1) is 18.1. The smallest absolute Gasteiger partial charge is 0.340 e. The van der Waals surface area contributed by atoms with Gasteiger partial charge in [-0.3, -0.25) is 9.78 Å². The summed E-state index contributed by atoms with van der Waals surface area (Å²) >= 11 is 0. The van der Waals surface area contributed by atoms with E-state index in [2.05, 4.69) is 49.3 Å². The van der Waals surface area contributed by atoms with Gasteiger partial charge in [0, 0.05) is 37.4 Å². The van der Waals surface area contributed by atoms with Gasteiger partial charge in [-0.05, 0) is 83.9 Å². The van der Waals surface area contributed by atoms with E-state index in [0.29, 0.717) is 11.5 Å². The molecule has 7 nitrogen and oxygen atoms in total. The van der Waals surface area contributed by atoms with Crippen LogP contribution in [0.2, 0.25) is 0 Å². The molecular weight excluding hydrogens is 480 g/mol. The molecule has 2 aliphatic heterocycles. The molecule has 1 aromatic heterocycles. The monoisotopic (exact) mass is 522 g/mol. The minimum atomic E-state index is -0.507. The maximum absolute atomic E-state index is 12.4. The van der Waals surface area contributed by atoms with Crippen LogP contribution in [0.25, 0.3) is 0 Å². The van der Waals surface area contributed by atoms with Gasteiger partial charge in [-0.25, -0.2) is 4.79 Å². The molecule has 38 heavy (non-hydrogen) atoms. The van der Waals surface area contributed by atoms with Gasteiger partial charge in [-0.15, -0.1) is 0 Å². The topological polar surface area (TPSA) is 90.0 Å². The fourth-order valence-corrected chi connectivity index (χ4v) is 5.59. The van der Waals surface area contributed by atoms with Crippen molar-refractivity contribution in [2.24, 2.45) is 5.92 Å². The zero-order valence-electron chi connectivity index (χ0n) is 23.2. The van der Waals surface area contributed by atoms with Crippen LogP contribution in [-0.4, -0.2) is 52.9 Å². The van der Waals surface area contributed by atoms with Crippen LogP contribution in [-0.2, 0) is 19.0 Å². The third-order valence-corrected chi connectivity index (χ3v) is 7.59. The van der Waals surface area contributed by atoms with Gasteiger partial charge in [0.2, 0.25) is 5.91 Å². The highest BCUT2D eigenvalue weighted by Gasteiger charge is 2.53. The van der Waals surface area contributed by atoms with Crippen molar-refractivity contribution >= 4 is 11.9 Å². The summed E-state index contributed by atoms with van der Waals surface area (Å²) in [4.78, 5) is 28.4. The number of nitrogens with zero attached hydrogens (tertiary/aromatic N) is 1. The molecule has 3 atom stereocenters. The van der Waals surface area contributed by atoms with Crippen LogP contribution >= 0.6 is 0 Å². The average molecular weight is 523 g/mol. The van der Waals surface area contributed by atoms with E-state index in [9.17, 15) is 9.59 Å². The minimum absolute atomic E-state index is 0.0452. The summed E-state index contributed by atoms with van der Waals surface area (Å²) in [6.07, 6.45) is 19.6. The van der Waals surface area contributed by atoms with Crippen molar-refractivity contribution in [3.05, 3.63) is 66.0 Å². The minimum Gasteiger partial charge on any atom is -0.455 e. The first kappa shape index (κ1) is 28.2. The number of allylic oxidation sites excluding steroid dienone is 3. The summed E-state index contributed by atoms with van der Waals surface area (Å²) in [5.41, 5.74) is 1.56. The molecule has 0 unspecified atom stereocenters. The van der Waals surface area contributed by atoms with Gasteiger partial charge in [0.25, 0.3) is 0 Å². The molecular formula is C31H42N2O5. The van der Waals surface area contributed by atoms with E-state index in [4.69, 9.17) is 14.2 Å². The van der Waals surface area contributed by atoms with Crippen LogP contribution in [0.3, 0.4) is 0 Å². The average Bonchev–Trinajstić information content (AvgIpc) is 3.62. The molecule has 4 rings (SSSR count). The van der Waals surface area contributed by atoms with Crippen LogP contribution < -0.4 is 5.32 Å². The first-order valence-electron chi connectivity index (χ1n) is 13.9. The molecule has 3 aliphatic rings. The van der Waals surface area contributed by atoms with Crippen molar-refractivity contribution in [1.82, 2.24) is 10.3 Å². The lowest BCUT2D eigenvalue weighted by atomic mass is 9.83. The summed E-state index contributed by atoms with van der Waals surface area (Å²) in [6.45, 7) is 9.04. The highest BCUT2D eigenvalue weighted by atomic mass is 16.6. The lowest BCUT2D eigenvalue weighted by Crippen LogP contribution is -2.43. The van der Waals surface area contributed by atoms with Crippen molar-refractivity contribution in [3.8, 4) is 0 Å². The van der Waals surface area contributed by atoms with Gasteiger partial charge in [0.05, 0.1) is 29.5 Å². The van der Waals surface area contributed by atoms with E-state index >= 15 is 0 Å². The van der Waals surface area contributed by atoms with E-state index in [1.807, 2.05) is 0 Å². The predicted octanol–water partition coefficient (Wildman–Crippen LogP) is 5.48. The van der Waals surface area contributed by atoms with Gasteiger partial charge >= 0.3 is 5.97 Å². The highest BCUT2D eigenvalue weighted by molar-refractivity contribution is 5.89. The maximum atomic E-state index is 12.4. The molecule has 1 N–H and O–H groups in total. The Balaban J connectivity index is 1.14. The predicted molar refractivity (Wildman–Crippen MR) is 147 cm³/mol. The fourth-order valence-electron chi connectivity index (χ4n) is 5.59. The quantitative estimate of drug-likeness (QED) is 0.200. The van der Waals surface area contributed by atoms with Crippen molar-refractivity contribution in [1.29, 1.82) is 0 Å². The Morgan fingerprint density at radius 2 is 2.00 bits per heavy atom. The summed E-state index contributed by atoms with van der Waals surface area (Å²) in [5.74, 6) is 0.0355. The number of pyridine rings is 1. The number of esters is 1. The van der Waals surface area contributed by atoms with Gasteiger partial charge in [0.1, 0.15) is 6.10 Å². The third-order valence-electron chi connectivity index (χ3n) is 7.59. The first-order valence-corrected chi connectivity index (χ1v) is 13.9. The largest absolute Gasteiger partial charge is 0.455 e. The number of aromatic nitrogens is 1. The molecule has 1 spiro atoms. The molecule has 7 heteroatoms. The number of hydrogen-bond donors (Lipinski definition) is 1. The Morgan fingerprint density at radius 1 is 1.24 bits per heavy atom. The fraction of sp³-hybridized carbons (Fsp3) is 0.581. The SMILES string of the molecule is CC(/C=C/[C@@H]1C[C@]2(CO2)CC(C)(C)O1)=C\C[C@H]1CC[C@H](NC(=O)/C=C\[C@H](C)OC(=O)c2cccnc2)CC1. The van der Waals surface area contributed by atoms with Crippen molar-refractivity contribution in [2.75, 3.05) is 6.61 Å². The molecule has 1 saturated carbocycles. The van der Waals surface area contributed by atoms with Crippen molar-refractivity contribution in [2.45, 2.75) is 102 Å². The van der Waals surface area contributed by atoms with Crippen molar-refractivity contribution in [3.63, 3.8) is 0 Å². The number of hydrogen-bond acceptors (Lipinski definition) is 6. The normalized spacial score (nSPS) is 29.9. The standard InChI is InChI=1S/C31H42N2O5/c1-22(8-15-27-18-31(21-36-31)20-30(3,4)38-27)7-10-24-11-13-26(14-12-24)33-28(34)16-9-23(2)37-29(35)25-6-5-17-32-19-25/h5-9,15-17,19,23-24,26-27H,10-14,18,20-21H2,1-4H3,(H,33,34)/b15-8+,16-9-,22-7+/t23-,24-,26-,27+,31+/m0/s1. The van der Waals surface area contributed by atoms with E-state index in [1.54, 1.807) is 31.3 Å². The van der Waals surface area contributed by atoms with E-state index in [-0.39, 0.29) is 29.3 Å². The third kappa shape index (κ3) is 8.63. The molecule has 0 aromatic carbocycles. The van der Waals surface area contributed by atoms with Crippen LogP contribution in [0.1, 0.15) is 83.0 Å². The molecule has 0 bridgehead atoms. The van der Waals surface area contributed by atoms with E-state index < -0.39 is 12.1 Å². The van der Waals surface area contributed by atoms with E-state index in [1.165, 1.54) is 17.8 Å². The van der Waals surface area contributed by atoms with Crippen molar-refractivity contribution < 1.29 is 23.8 Å². The second-order valence-corrected chi connectivity index (χ2v) is 11.7. The lowest BCUT2D eigenvalue weighted by Gasteiger charge is -2.38. The van der Waals surface area contributed by atoms with Gasteiger partial charge in [0.15, 0.2) is 0 Å². The van der Waals surface area contributed by atoms with Crippen LogP contribution in [0, 0.1) is 5.92 Å². The summed E-state index contributed by atoms with van der Waals surface area (Å²) in [6, 6.07) is 3.51. The number of rotatable bonds is 9. The molecule has 206 valence electrons. The Kier molecular flexibility index (Phi) is 9.21. The maximum Gasteiger partial charge on any atom is 0.340 e. The zero-order chi connectivity index (χ0) is 27.2. The van der Waals surface area contributed by atoms with Crippen LogP contribution in [0.15, 0.2) is 60.5 Å². The molecule has 1 aromatic rings. The molecule has 3 fully saturated rings. The Morgan fingerprint density at radius 3 is 2.68 bits per heavy atom. The summed E-state index contributed by atoms with van der Waals surface area (Å²) in [7, 11) is 0. The number of amides is 1. The van der Waals surface area contributed by atoms with E-state index in [0.717, 1.165) is 51.6 Å². The summed E-state index contributed by atoms with van der Waals surface area (Å²) in [5, 5.41) is 3.09. The Bertz CT molecular complexity index is 1040. The van der Waals surface area contributed by atoms with Gasteiger partial charge < -0.3 is 19.5 Å². The number of nitrogens with one attached hydrogen (secondary N) is 1. The molecule has 2 saturated heterocycles. The van der Waals surface area contributed by atoms with Crippen LogP contribution in [0.4, 0.5) is 0 Å². The molecule has 1 aliphatic carbocycles. The molecule has 1 amide bonds. The Hall–Kier alpha value is -2.77. The highest BCUT2D eigenvalue weighted by Crippen LogP contribution is 2.46.